The van der Waals surface area contributed by atoms with E-state index >= 15 is 0 Å². The molecule has 0 saturated carbocycles. The van der Waals surface area contributed by atoms with Gasteiger partial charge in [-0.25, -0.2) is 0 Å². The van der Waals surface area contributed by atoms with E-state index in [-0.39, 0.29) is 17.9 Å². The molecule has 0 bridgehead atoms. The summed E-state index contributed by atoms with van der Waals surface area (Å²) >= 11 is 0. The van der Waals surface area contributed by atoms with Crippen LogP contribution >= 0.6 is 0 Å². The Morgan fingerprint density at radius 3 is 3.00 bits per heavy atom. The Balaban J connectivity index is 2.91. The lowest BCUT2D eigenvalue weighted by Crippen LogP contribution is -1.80. The Labute approximate surface area is 86.2 Å². The monoisotopic (exact) mass is 198 g/mol. The Bertz CT molecular complexity index is 512. The molecular formula is C10H6N4O. The zero-order valence-electron chi connectivity index (χ0n) is 7.68. The minimum Gasteiger partial charge on any atom is -0.507 e. The van der Waals surface area contributed by atoms with Crippen molar-refractivity contribution >= 4 is 0 Å². The third-order valence-electron chi connectivity index (χ3n) is 1.56. The molecule has 1 rings (SSSR count). The first-order valence-corrected chi connectivity index (χ1v) is 4.01. The summed E-state index contributed by atoms with van der Waals surface area (Å²) in [5.41, 5.74) is 8.76. The summed E-state index contributed by atoms with van der Waals surface area (Å²) in [7, 11) is 0. The van der Waals surface area contributed by atoms with Crippen LogP contribution in [0.25, 0.3) is 10.4 Å². The van der Waals surface area contributed by atoms with Crippen LogP contribution in [-0.4, -0.2) is 11.7 Å². The molecule has 5 nitrogen and oxygen atoms in total. The van der Waals surface area contributed by atoms with Crippen LogP contribution in [0.15, 0.2) is 23.3 Å². The van der Waals surface area contributed by atoms with E-state index < -0.39 is 0 Å². The minimum absolute atomic E-state index is 0.0712. The summed E-state index contributed by atoms with van der Waals surface area (Å²) in [5, 5.41) is 21.1. The summed E-state index contributed by atoms with van der Waals surface area (Å²) < 4.78 is 0. The first-order chi connectivity index (χ1) is 7.27. The van der Waals surface area contributed by atoms with E-state index in [9.17, 15) is 5.11 Å². The van der Waals surface area contributed by atoms with Crippen LogP contribution in [0.5, 0.6) is 5.75 Å². The normalized spacial score (nSPS) is 7.93. The van der Waals surface area contributed by atoms with Crippen molar-refractivity contribution in [3.63, 3.8) is 0 Å². The maximum Gasteiger partial charge on any atom is 0.133 e. The van der Waals surface area contributed by atoms with Crippen LogP contribution in [0.2, 0.25) is 0 Å². The molecule has 0 aliphatic carbocycles. The lowest BCUT2D eigenvalue weighted by atomic mass is 10.1. The summed E-state index contributed by atoms with van der Waals surface area (Å²) in [5.74, 6) is 5.25. The first-order valence-electron chi connectivity index (χ1n) is 4.01. The van der Waals surface area contributed by atoms with Gasteiger partial charge in [0.05, 0.1) is 12.1 Å². The smallest absolute Gasteiger partial charge is 0.133 e. The zero-order chi connectivity index (χ0) is 11.1. The van der Waals surface area contributed by atoms with E-state index in [0.717, 1.165) is 0 Å². The number of nitriles is 1. The predicted molar refractivity (Wildman–Crippen MR) is 53.7 cm³/mol. The molecule has 0 heterocycles. The van der Waals surface area contributed by atoms with Crippen LogP contribution in [-0.2, 0) is 0 Å². The van der Waals surface area contributed by atoms with Gasteiger partial charge >= 0.3 is 0 Å². The van der Waals surface area contributed by atoms with E-state index in [1.165, 1.54) is 12.1 Å². The molecule has 0 saturated heterocycles. The highest BCUT2D eigenvalue weighted by Crippen LogP contribution is 2.16. The van der Waals surface area contributed by atoms with Crippen LogP contribution in [0.1, 0.15) is 11.1 Å². The van der Waals surface area contributed by atoms with Gasteiger partial charge in [0.1, 0.15) is 11.8 Å². The Morgan fingerprint density at radius 1 is 1.53 bits per heavy atom. The van der Waals surface area contributed by atoms with Gasteiger partial charge in [0, 0.05) is 10.5 Å². The maximum absolute atomic E-state index is 9.21. The molecule has 0 fully saturated rings. The highest BCUT2D eigenvalue weighted by molar-refractivity contribution is 5.49. The second-order valence-electron chi connectivity index (χ2n) is 2.53. The average molecular weight is 198 g/mol. The SMILES string of the molecule is N#Cc1cc(C#CCN=[N+]=[N-])ccc1O. The number of benzene rings is 1. The zero-order valence-corrected chi connectivity index (χ0v) is 7.68. The van der Waals surface area contributed by atoms with Crippen molar-refractivity contribution in [2.24, 2.45) is 5.11 Å². The van der Waals surface area contributed by atoms with Crippen LogP contribution in [0.4, 0.5) is 0 Å². The number of azide groups is 1. The van der Waals surface area contributed by atoms with Crippen molar-refractivity contribution < 1.29 is 5.11 Å². The number of phenolic OH excluding ortho intramolecular Hbond substituents is 1. The molecule has 0 amide bonds. The Kier molecular flexibility index (Phi) is 3.61. The molecule has 15 heavy (non-hydrogen) atoms. The van der Waals surface area contributed by atoms with E-state index in [1.54, 1.807) is 6.07 Å². The molecule has 0 aliphatic rings. The Hall–Kier alpha value is -2.62. The van der Waals surface area contributed by atoms with E-state index in [0.29, 0.717) is 5.56 Å². The molecule has 0 spiro atoms. The van der Waals surface area contributed by atoms with E-state index in [4.69, 9.17) is 10.8 Å². The maximum atomic E-state index is 9.21. The summed E-state index contributed by atoms with van der Waals surface area (Å²) in [6.07, 6.45) is 0. The van der Waals surface area contributed by atoms with Gasteiger partial charge < -0.3 is 5.11 Å². The van der Waals surface area contributed by atoms with Crippen molar-refractivity contribution in [2.45, 2.75) is 0 Å². The number of hydrogen-bond donors (Lipinski definition) is 1. The van der Waals surface area contributed by atoms with Crippen molar-refractivity contribution in [3.8, 4) is 23.7 Å². The van der Waals surface area contributed by atoms with Crippen molar-refractivity contribution in [3.05, 3.63) is 39.8 Å². The molecule has 1 aromatic rings. The molecule has 0 atom stereocenters. The number of phenols is 1. The van der Waals surface area contributed by atoms with Crippen LogP contribution in [0.3, 0.4) is 0 Å². The third kappa shape index (κ3) is 2.96. The molecular weight excluding hydrogens is 192 g/mol. The second kappa shape index (κ2) is 5.18. The Morgan fingerprint density at radius 2 is 2.33 bits per heavy atom. The highest BCUT2D eigenvalue weighted by atomic mass is 16.3. The van der Waals surface area contributed by atoms with Gasteiger partial charge in [0.15, 0.2) is 0 Å². The van der Waals surface area contributed by atoms with Crippen molar-refractivity contribution in [1.29, 1.82) is 5.26 Å². The third-order valence-corrected chi connectivity index (χ3v) is 1.56. The van der Waals surface area contributed by atoms with Crippen molar-refractivity contribution in [1.82, 2.24) is 0 Å². The quantitative estimate of drug-likeness (QED) is 0.323. The predicted octanol–water partition coefficient (Wildman–Crippen LogP) is 1.93. The first kappa shape index (κ1) is 10.5. The van der Waals surface area contributed by atoms with Crippen LogP contribution < -0.4 is 0 Å². The lowest BCUT2D eigenvalue weighted by molar-refractivity contribution is 0.473. The molecule has 0 radical (unpaired) electrons. The van der Waals surface area contributed by atoms with E-state index in [2.05, 4.69) is 21.9 Å². The van der Waals surface area contributed by atoms with Crippen molar-refractivity contribution in [2.75, 3.05) is 6.54 Å². The molecule has 0 unspecified atom stereocenters. The lowest BCUT2D eigenvalue weighted by Gasteiger charge is -1.95. The number of hydrogen-bond acceptors (Lipinski definition) is 3. The summed E-state index contributed by atoms with van der Waals surface area (Å²) in [6.45, 7) is 0.0826. The number of rotatable bonds is 1. The van der Waals surface area contributed by atoms with Crippen LogP contribution in [0, 0.1) is 23.2 Å². The van der Waals surface area contributed by atoms with Gasteiger partial charge in [-0.05, 0) is 23.7 Å². The van der Waals surface area contributed by atoms with Gasteiger partial charge in [-0.3, -0.25) is 0 Å². The standard InChI is InChI=1S/C10H6N4O/c11-7-9-6-8(3-4-10(9)15)2-1-5-13-14-12/h3-4,6,15H,5H2. The fraction of sp³-hybridized carbons (Fsp3) is 0.100. The minimum atomic E-state index is -0.0712. The van der Waals surface area contributed by atoms with Gasteiger partial charge in [-0.2, -0.15) is 5.26 Å². The summed E-state index contributed by atoms with van der Waals surface area (Å²) in [6, 6.07) is 6.29. The fourth-order valence-corrected chi connectivity index (χ4v) is 0.912. The fourth-order valence-electron chi connectivity index (χ4n) is 0.912. The topological polar surface area (TPSA) is 92.8 Å². The van der Waals surface area contributed by atoms with Gasteiger partial charge in [0.2, 0.25) is 0 Å². The molecule has 0 aromatic heterocycles. The molecule has 5 heteroatoms. The molecule has 72 valence electrons. The van der Waals surface area contributed by atoms with Gasteiger partial charge in [0.25, 0.3) is 0 Å². The van der Waals surface area contributed by atoms with Gasteiger partial charge in [-0.1, -0.05) is 17.0 Å². The molecule has 1 N–H and O–H groups in total. The molecule has 0 aliphatic heterocycles. The largest absolute Gasteiger partial charge is 0.507 e. The summed E-state index contributed by atoms with van der Waals surface area (Å²) in [4.78, 5) is 2.54. The van der Waals surface area contributed by atoms with E-state index in [1.807, 2.05) is 6.07 Å². The average Bonchev–Trinajstić information content (AvgIpc) is 2.26. The number of aromatic hydroxyl groups is 1. The second-order valence-corrected chi connectivity index (χ2v) is 2.53. The molecule has 1 aromatic carbocycles. The highest BCUT2D eigenvalue weighted by Gasteiger charge is 1.98. The van der Waals surface area contributed by atoms with Gasteiger partial charge in [-0.15, -0.1) is 0 Å². The number of nitrogens with zero attached hydrogens (tertiary/aromatic N) is 4.